The van der Waals surface area contributed by atoms with E-state index in [4.69, 9.17) is 0 Å². The summed E-state index contributed by atoms with van der Waals surface area (Å²) >= 11 is 0. The number of rotatable bonds is 4. The molecule has 0 spiro atoms. The van der Waals surface area contributed by atoms with Crippen LogP contribution in [0.3, 0.4) is 0 Å². The lowest BCUT2D eigenvalue weighted by atomic mass is 9.67. The molecule has 6 rings (SSSR count). The fourth-order valence-corrected chi connectivity index (χ4v) is 5.82. The first-order valence-electron chi connectivity index (χ1n) is 12.6. The second-order valence-electron chi connectivity index (χ2n) is 10.0. The maximum absolute atomic E-state index is 4.19. The Morgan fingerprint density at radius 1 is 0.657 bits per heavy atom. The minimum Gasteiger partial charge on any atom is -0.103 e. The molecule has 1 atom stereocenters. The third-order valence-corrected chi connectivity index (χ3v) is 8.06. The van der Waals surface area contributed by atoms with Gasteiger partial charge in [-0.1, -0.05) is 98.8 Å². The molecule has 1 unspecified atom stereocenters. The Kier molecular flexibility index (Phi) is 6.07. The van der Waals surface area contributed by atoms with Crippen molar-refractivity contribution in [3.05, 3.63) is 144 Å². The molecule has 0 N–H and O–H groups in total. The Labute approximate surface area is 210 Å². The molecule has 0 aliphatic heterocycles. The first-order valence-corrected chi connectivity index (χ1v) is 12.6. The van der Waals surface area contributed by atoms with E-state index in [1.807, 2.05) is 6.92 Å². The van der Waals surface area contributed by atoms with E-state index in [-0.39, 0.29) is 5.41 Å². The van der Waals surface area contributed by atoms with Gasteiger partial charge in [-0.2, -0.15) is 0 Å². The summed E-state index contributed by atoms with van der Waals surface area (Å²) in [6.45, 7) is 14.1. The molecule has 0 saturated heterocycles. The Hall–Kier alpha value is -3.64. The Morgan fingerprint density at radius 3 is 1.49 bits per heavy atom. The topological polar surface area (TPSA) is 0 Å². The summed E-state index contributed by atoms with van der Waals surface area (Å²) in [7, 11) is 0. The maximum Gasteiger partial charge on any atom is 0.0234 e. The average Bonchev–Trinajstić information content (AvgIpc) is 3.45. The zero-order valence-corrected chi connectivity index (χ0v) is 21.1. The predicted octanol–water partition coefficient (Wildman–Crippen LogP) is 9.15. The van der Waals surface area contributed by atoms with E-state index in [2.05, 4.69) is 118 Å². The van der Waals surface area contributed by atoms with Crippen LogP contribution < -0.4 is 0 Å². The van der Waals surface area contributed by atoms with Crippen LogP contribution in [0.1, 0.15) is 54.2 Å². The van der Waals surface area contributed by atoms with Gasteiger partial charge in [-0.05, 0) is 93.5 Å². The van der Waals surface area contributed by atoms with E-state index >= 15 is 0 Å². The van der Waals surface area contributed by atoms with Gasteiger partial charge in [0.2, 0.25) is 0 Å². The molecular weight excluding hydrogens is 420 g/mol. The zero-order valence-electron chi connectivity index (χ0n) is 21.1. The van der Waals surface area contributed by atoms with E-state index in [0.717, 1.165) is 12.8 Å². The first-order chi connectivity index (χ1) is 17.0. The molecule has 0 fully saturated rings. The van der Waals surface area contributed by atoms with Gasteiger partial charge < -0.3 is 0 Å². The van der Waals surface area contributed by atoms with Crippen molar-refractivity contribution in [2.24, 2.45) is 5.92 Å². The molecule has 0 aromatic heterocycles. The maximum atomic E-state index is 4.19. The number of allylic oxidation sites excluding steroid dienone is 2. The molecular formula is C35H34. The van der Waals surface area contributed by atoms with Gasteiger partial charge in [-0.25, -0.2) is 0 Å². The largest absolute Gasteiger partial charge is 0.103 e. The van der Waals surface area contributed by atoms with Crippen LogP contribution in [-0.2, 0) is 18.3 Å². The van der Waals surface area contributed by atoms with Crippen molar-refractivity contribution >= 4 is 0 Å². The standard InChI is InChI=1S/C32H28.C3H6/c1-4-21(2)32(3,26-15-13-24-17-22-9-5-7-11-28(22)30(24)19-26)27-16-14-25-18-23-10-6-8-12-29(23)31(25)20-27;1-3-2/h4-16,19-21H,1,17-18H2,2-3H3;3H,1H2,2H3. The Morgan fingerprint density at radius 2 is 1.06 bits per heavy atom. The van der Waals surface area contributed by atoms with E-state index in [9.17, 15) is 0 Å². The van der Waals surface area contributed by atoms with Crippen molar-refractivity contribution in [1.82, 2.24) is 0 Å². The SMILES string of the molecule is C=CC.C=CC(C)C(C)(c1ccc2c(c1)-c1ccccc1C2)c1ccc2c(c1)-c1ccccc1C2. The molecule has 174 valence electrons. The molecule has 0 heteroatoms. The van der Waals surface area contributed by atoms with E-state index in [0.29, 0.717) is 5.92 Å². The molecule has 0 saturated carbocycles. The lowest BCUT2D eigenvalue weighted by molar-refractivity contribution is 0.446. The molecule has 2 aliphatic carbocycles. The van der Waals surface area contributed by atoms with Crippen molar-refractivity contribution < 1.29 is 0 Å². The van der Waals surface area contributed by atoms with Gasteiger partial charge >= 0.3 is 0 Å². The van der Waals surface area contributed by atoms with Gasteiger partial charge in [-0.15, -0.1) is 13.2 Å². The van der Waals surface area contributed by atoms with E-state index in [1.165, 1.54) is 55.6 Å². The second kappa shape index (κ2) is 9.19. The molecule has 0 nitrogen and oxygen atoms in total. The lowest BCUT2D eigenvalue weighted by Gasteiger charge is -2.36. The van der Waals surface area contributed by atoms with Crippen LogP contribution in [0.5, 0.6) is 0 Å². The smallest absolute Gasteiger partial charge is 0.0234 e. The average molecular weight is 455 g/mol. The molecule has 4 aromatic rings. The van der Waals surface area contributed by atoms with Crippen LogP contribution in [0.15, 0.2) is 110 Å². The monoisotopic (exact) mass is 454 g/mol. The predicted molar refractivity (Wildman–Crippen MR) is 151 cm³/mol. The quantitative estimate of drug-likeness (QED) is 0.233. The molecule has 4 aromatic carbocycles. The Balaban J connectivity index is 0.000000806. The van der Waals surface area contributed by atoms with Crippen molar-refractivity contribution in [3.63, 3.8) is 0 Å². The first kappa shape index (κ1) is 23.1. The third-order valence-electron chi connectivity index (χ3n) is 8.06. The van der Waals surface area contributed by atoms with Crippen LogP contribution in [0, 0.1) is 5.92 Å². The summed E-state index contributed by atoms with van der Waals surface area (Å²) in [6.07, 6.45) is 5.94. The van der Waals surface area contributed by atoms with Gasteiger partial charge in [0, 0.05) is 5.41 Å². The summed E-state index contributed by atoms with van der Waals surface area (Å²) in [5.41, 5.74) is 13.9. The minimum atomic E-state index is -0.152. The summed E-state index contributed by atoms with van der Waals surface area (Å²) in [6, 6.07) is 32.0. The van der Waals surface area contributed by atoms with Gasteiger partial charge in [0.25, 0.3) is 0 Å². The lowest BCUT2D eigenvalue weighted by Crippen LogP contribution is -2.31. The number of hydrogen-bond donors (Lipinski definition) is 0. The van der Waals surface area contributed by atoms with Gasteiger partial charge in [0.15, 0.2) is 0 Å². The third kappa shape index (κ3) is 3.78. The highest BCUT2D eigenvalue weighted by atomic mass is 14.4. The zero-order chi connectivity index (χ0) is 24.6. The van der Waals surface area contributed by atoms with Crippen LogP contribution in [-0.4, -0.2) is 0 Å². The highest BCUT2D eigenvalue weighted by Gasteiger charge is 2.36. The minimum absolute atomic E-state index is 0.152. The van der Waals surface area contributed by atoms with Crippen LogP contribution in [0.25, 0.3) is 22.3 Å². The van der Waals surface area contributed by atoms with Crippen LogP contribution in [0.4, 0.5) is 0 Å². The molecule has 0 radical (unpaired) electrons. The van der Waals surface area contributed by atoms with Crippen LogP contribution in [0.2, 0.25) is 0 Å². The summed E-state index contributed by atoms with van der Waals surface area (Å²) < 4.78 is 0. The number of benzene rings is 4. The van der Waals surface area contributed by atoms with Crippen molar-refractivity contribution in [2.75, 3.05) is 0 Å². The molecule has 0 amide bonds. The number of hydrogen-bond acceptors (Lipinski definition) is 0. The highest BCUT2D eigenvalue weighted by Crippen LogP contribution is 2.46. The van der Waals surface area contributed by atoms with Crippen molar-refractivity contribution in [2.45, 2.75) is 39.0 Å². The fourth-order valence-electron chi connectivity index (χ4n) is 5.82. The van der Waals surface area contributed by atoms with Gasteiger partial charge in [0.05, 0.1) is 0 Å². The Bertz CT molecular complexity index is 1320. The molecule has 2 aliphatic rings. The molecule has 0 heterocycles. The number of fused-ring (bicyclic) bond motifs is 6. The second-order valence-corrected chi connectivity index (χ2v) is 10.0. The fraction of sp³-hybridized carbons (Fsp3) is 0.200. The molecule has 35 heavy (non-hydrogen) atoms. The van der Waals surface area contributed by atoms with Crippen LogP contribution >= 0.6 is 0 Å². The normalized spacial score (nSPS) is 13.5. The summed E-state index contributed by atoms with van der Waals surface area (Å²) in [5, 5.41) is 0. The summed E-state index contributed by atoms with van der Waals surface area (Å²) in [5.74, 6) is 0.298. The highest BCUT2D eigenvalue weighted by molar-refractivity contribution is 5.79. The molecule has 0 bridgehead atoms. The van der Waals surface area contributed by atoms with Gasteiger partial charge in [-0.3, -0.25) is 0 Å². The van der Waals surface area contributed by atoms with Crippen molar-refractivity contribution in [3.8, 4) is 22.3 Å². The van der Waals surface area contributed by atoms with E-state index in [1.54, 1.807) is 6.08 Å². The van der Waals surface area contributed by atoms with E-state index < -0.39 is 0 Å². The summed E-state index contributed by atoms with van der Waals surface area (Å²) in [4.78, 5) is 0. The van der Waals surface area contributed by atoms with Crippen molar-refractivity contribution in [1.29, 1.82) is 0 Å². The van der Waals surface area contributed by atoms with Gasteiger partial charge in [0.1, 0.15) is 0 Å².